The smallest absolute Gasteiger partial charge is 0.260 e. The van der Waals surface area contributed by atoms with Crippen LogP contribution in [0.4, 0.5) is 15.2 Å². The van der Waals surface area contributed by atoms with Crippen LogP contribution in [0.1, 0.15) is 17.3 Å². The van der Waals surface area contributed by atoms with Gasteiger partial charge in [-0.2, -0.15) is 0 Å². The maximum atomic E-state index is 13.6. The second-order valence-electron chi connectivity index (χ2n) is 3.67. The fourth-order valence-corrected chi connectivity index (χ4v) is 1.95. The first kappa shape index (κ1) is 13.2. The summed E-state index contributed by atoms with van der Waals surface area (Å²) < 4.78 is 13.6. The summed E-state index contributed by atoms with van der Waals surface area (Å²) in [6.45, 7) is 1.33. The molecule has 2 N–H and O–H groups in total. The van der Waals surface area contributed by atoms with Gasteiger partial charge in [0.25, 0.3) is 5.91 Å². The first-order valence-corrected chi connectivity index (χ1v) is 6.22. The minimum atomic E-state index is -0.664. The van der Waals surface area contributed by atoms with Gasteiger partial charge in [0.1, 0.15) is 5.82 Å². The Balaban J connectivity index is 2.22. The SMILES string of the molecule is CC(=O)Nc1ccc(F)c(C(=O)Nc2nccs2)c1. The topological polar surface area (TPSA) is 71.1 Å². The average molecular weight is 279 g/mol. The van der Waals surface area contributed by atoms with Crippen LogP contribution in [-0.4, -0.2) is 16.8 Å². The molecule has 0 unspecified atom stereocenters. The highest BCUT2D eigenvalue weighted by Gasteiger charge is 2.14. The molecule has 0 saturated carbocycles. The van der Waals surface area contributed by atoms with Gasteiger partial charge in [-0.15, -0.1) is 11.3 Å². The van der Waals surface area contributed by atoms with E-state index in [-0.39, 0.29) is 11.5 Å². The second-order valence-corrected chi connectivity index (χ2v) is 4.56. The number of hydrogen-bond donors (Lipinski definition) is 2. The summed E-state index contributed by atoms with van der Waals surface area (Å²) >= 11 is 1.23. The summed E-state index contributed by atoms with van der Waals surface area (Å²) in [7, 11) is 0. The summed E-state index contributed by atoms with van der Waals surface area (Å²) in [5.74, 6) is -1.57. The zero-order valence-electron chi connectivity index (χ0n) is 9.94. The Hall–Kier alpha value is -2.28. The van der Waals surface area contributed by atoms with E-state index in [2.05, 4.69) is 15.6 Å². The molecule has 1 heterocycles. The Morgan fingerprint density at radius 3 is 2.74 bits per heavy atom. The largest absolute Gasteiger partial charge is 0.326 e. The highest BCUT2D eigenvalue weighted by Crippen LogP contribution is 2.18. The molecule has 0 aliphatic heterocycles. The average Bonchev–Trinajstić information content (AvgIpc) is 2.83. The highest BCUT2D eigenvalue weighted by atomic mass is 32.1. The molecule has 0 fully saturated rings. The van der Waals surface area contributed by atoms with Gasteiger partial charge in [0, 0.05) is 24.2 Å². The fourth-order valence-electron chi connectivity index (χ4n) is 1.43. The van der Waals surface area contributed by atoms with Crippen molar-refractivity contribution in [1.82, 2.24) is 4.98 Å². The summed E-state index contributed by atoms with van der Waals surface area (Å²) in [5, 5.41) is 7.04. The number of rotatable bonds is 3. The highest BCUT2D eigenvalue weighted by molar-refractivity contribution is 7.13. The lowest BCUT2D eigenvalue weighted by Gasteiger charge is -2.06. The van der Waals surface area contributed by atoms with Crippen LogP contribution in [0.3, 0.4) is 0 Å². The third-order valence-corrected chi connectivity index (χ3v) is 2.87. The van der Waals surface area contributed by atoms with Crippen LogP contribution >= 0.6 is 11.3 Å². The molecule has 19 heavy (non-hydrogen) atoms. The predicted molar refractivity (Wildman–Crippen MR) is 70.8 cm³/mol. The molecule has 0 bridgehead atoms. The molecule has 0 spiro atoms. The number of hydrogen-bond acceptors (Lipinski definition) is 4. The van der Waals surface area contributed by atoms with Gasteiger partial charge in [0.05, 0.1) is 5.56 Å². The number of aromatic nitrogens is 1. The standard InChI is InChI=1S/C12H10FN3O2S/c1-7(17)15-8-2-3-10(13)9(6-8)11(18)16-12-14-4-5-19-12/h2-6H,1H3,(H,15,17)(H,14,16,18). The number of anilines is 2. The molecule has 2 aromatic rings. The maximum Gasteiger partial charge on any atom is 0.260 e. The maximum absolute atomic E-state index is 13.6. The normalized spacial score (nSPS) is 10.0. The lowest BCUT2D eigenvalue weighted by molar-refractivity contribution is -0.114. The van der Waals surface area contributed by atoms with Crippen LogP contribution in [-0.2, 0) is 4.79 Å². The molecule has 1 aromatic carbocycles. The summed E-state index contributed by atoms with van der Waals surface area (Å²) in [6.07, 6.45) is 1.53. The van der Waals surface area contributed by atoms with E-state index in [1.54, 1.807) is 5.38 Å². The fraction of sp³-hybridized carbons (Fsp3) is 0.0833. The lowest BCUT2D eigenvalue weighted by atomic mass is 10.1. The Bertz CT molecular complexity index is 613. The molecule has 7 heteroatoms. The summed E-state index contributed by atoms with van der Waals surface area (Å²) in [4.78, 5) is 26.7. The van der Waals surface area contributed by atoms with E-state index in [4.69, 9.17) is 0 Å². The van der Waals surface area contributed by atoms with E-state index in [1.807, 2.05) is 0 Å². The quantitative estimate of drug-likeness (QED) is 0.906. The van der Waals surface area contributed by atoms with E-state index in [1.165, 1.54) is 36.6 Å². The van der Waals surface area contributed by atoms with Gasteiger partial charge in [-0.25, -0.2) is 9.37 Å². The van der Waals surface area contributed by atoms with E-state index in [0.29, 0.717) is 10.8 Å². The van der Waals surface area contributed by atoms with Crippen LogP contribution in [0, 0.1) is 5.82 Å². The molecule has 0 radical (unpaired) electrons. The van der Waals surface area contributed by atoms with Crippen LogP contribution in [0.5, 0.6) is 0 Å². The summed E-state index contributed by atoms with van der Waals surface area (Å²) in [6, 6.07) is 3.79. The Morgan fingerprint density at radius 2 is 2.11 bits per heavy atom. The number of nitrogens with one attached hydrogen (secondary N) is 2. The first-order valence-electron chi connectivity index (χ1n) is 5.34. The van der Waals surface area contributed by atoms with Gasteiger partial charge in [-0.1, -0.05) is 0 Å². The summed E-state index contributed by atoms with van der Waals surface area (Å²) in [5.41, 5.74) is 0.208. The van der Waals surface area contributed by atoms with E-state index >= 15 is 0 Å². The molecule has 0 aliphatic rings. The van der Waals surface area contributed by atoms with Crippen molar-refractivity contribution in [3.8, 4) is 0 Å². The first-order chi connectivity index (χ1) is 9.06. The third-order valence-electron chi connectivity index (χ3n) is 2.18. The molecule has 2 rings (SSSR count). The number of nitrogens with zero attached hydrogens (tertiary/aromatic N) is 1. The van der Waals surface area contributed by atoms with E-state index in [0.717, 1.165) is 6.07 Å². The van der Waals surface area contributed by atoms with Gasteiger partial charge < -0.3 is 5.32 Å². The van der Waals surface area contributed by atoms with Crippen LogP contribution < -0.4 is 10.6 Å². The van der Waals surface area contributed by atoms with Gasteiger partial charge in [0.15, 0.2) is 5.13 Å². The van der Waals surface area contributed by atoms with Crippen molar-refractivity contribution in [2.24, 2.45) is 0 Å². The molecule has 0 saturated heterocycles. The molecule has 5 nitrogen and oxygen atoms in total. The number of benzene rings is 1. The Kier molecular flexibility index (Phi) is 3.86. The second kappa shape index (κ2) is 5.57. The molecular weight excluding hydrogens is 269 g/mol. The van der Waals surface area contributed by atoms with Crippen molar-refractivity contribution in [3.63, 3.8) is 0 Å². The number of amides is 2. The molecule has 0 atom stereocenters. The van der Waals surface area contributed by atoms with Crippen molar-refractivity contribution < 1.29 is 14.0 Å². The zero-order valence-corrected chi connectivity index (χ0v) is 10.8. The molecular formula is C12H10FN3O2S. The Labute approximate surface area is 112 Å². The van der Waals surface area contributed by atoms with Gasteiger partial charge >= 0.3 is 0 Å². The zero-order chi connectivity index (χ0) is 13.8. The van der Waals surface area contributed by atoms with Crippen LogP contribution in [0.15, 0.2) is 29.8 Å². The predicted octanol–water partition coefficient (Wildman–Crippen LogP) is 2.49. The number of carbonyl (C=O) groups excluding carboxylic acids is 2. The Morgan fingerprint density at radius 1 is 1.32 bits per heavy atom. The monoisotopic (exact) mass is 279 g/mol. The number of thiazole rings is 1. The van der Waals surface area contributed by atoms with Crippen molar-refractivity contribution in [3.05, 3.63) is 41.2 Å². The van der Waals surface area contributed by atoms with Gasteiger partial charge in [0.2, 0.25) is 5.91 Å². The lowest BCUT2D eigenvalue weighted by Crippen LogP contribution is -2.15. The van der Waals surface area contributed by atoms with Crippen molar-refractivity contribution in [2.45, 2.75) is 6.92 Å². The molecule has 0 aliphatic carbocycles. The van der Waals surface area contributed by atoms with E-state index in [9.17, 15) is 14.0 Å². The van der Waals surface area contributed by atoms with Crippen LogP contribution in [0.2, 0.25) is 0 Å². The van der Waals surface area contributed by atoms with Crippen molar-refractivity contribution in [2.75, 3.05) is 10.6 Å². The van der Waals surface area contributed by atoms with E-state index < -0.39 is 11.7 Å². The third kappa shape index (κ3) is 3.35. The molecule has 2 amide bonds. The van der Waals surface area contributed by atoms with Gasteiger partial charge in [-0.3, -0.25) is 14.9 Å². The minimum Gasteiger partial charge on any atom is -0.326 e. The van der Waals surface area contributed by atoms with Gasteiger partial charge in [-0.05, 0) is 18.2 Å². The number of carbonyl (C=O) groups is 2. The number of halogens is 1. The molecule has 98 valence electrons. The van der Waals surface area contributed by atoms with Crippen molar-refractivity contribution in [1.29, 1.82) is 0 Å². The van der Waals surface area contributed by atoms with Crippen molar-refractivity contribution >= 4 is 34.0 Å². The minimum absolute atomic E-state index is 0.151. The molecule has 1 aromatic heterocycles. The van der Waals surface area contributed by atoms with Crippen LogP contribution in [0.25, 0.3) is 0 Å².